The van der Waals surface area contributed by atoms with Crippen LogP contribution in [0.2, 0.25) is 0 Å². The monoisotopic (exact) mass is 198 g/mol. The Kier molecular flexibility index (Phi) is 3.06. The number of ether oxygens (including phenoxy) is 2. The van der Waals surface area contributed by atoms with E-state index in [1.165, 1.54) is 33.3 Å². The van der Waals surface area contributed by atoms with Crippen LogP contribution in [0.25, 0.3) is 0 Å². The maximum Gasteiger partial charge on any atom is 0.176 e. The van der Waals surface area contributed by atoms with Crippen LogP contribution in [0.4, 0.5) is 4.39 Å². The molecule has 1 aromatic rings. The van der Waals surface area contributed by atoms with E-state index in [-0.39, 0.29) is 17.1 Å². The molecule has 3 nitrogen and oxygen atoms in total. The van der Waals surface area contributed by atoms with E-state index in [0.717, 1.165) is 0 Å². The zero-order valence-corrected chi connectivity index (χ0v) is 8.26. The van der Waals surface area contributed by atoms with Gasteiger partial charge >= 0.3 is 0 Å². The molecule has 76 valence electrons. The molecule has 14 heavy (non-hydrogen) atoms. The Labute approximate surface area is 81.4 Å². The van der Waals surface area contributed by atoms with E-state index in [1.807, 2.05) is 0 Å². The highest BCUT2D eigenvalue weighted by Crippen LogP contribution is 2.27. The van der Waals surface area contributed by atoms with Crippen molar-refractivity contribution in [1.29, 1.82) is 0 Å². The summed E-state index contributed by atoms with van der Waals surface area (Å²) in [6, 6.07) is 2.74. The van der Waals surface area contributed by atoms with Crippen molar-refractivity contribution in [3.05, 3.63) is 23.5 Å². The molecule has 0 aliphatic rings. The van der Waals surface area contributed by atoms with E-state index in [0.29, 0.717) is 5.75 Å². The summed E-state index contributed by atoms with van der Waals surface area (Å²) < 4.78 is 23.1. The van der Waals surface area contributed by atoms with Gasteiger partial charge in [-0.2, -0.15) is 0 Å². The third kappa shape index (κ3) is 1.84. The summed E-state index contributed by atoms with van der Waals surface area (Å²) in [7, 11) is 2.78. The van der Waals surface area contributed by atoms with Crippen LogP contribution in [0.5, 0.6) is 11.5 Å². The van der Waals surface area contributed by atoms with Gasteiger partial charge in [0.2, 0.25) is 0 Å². The maximum atomic E-state index is 13.4. The number of hydrogen-bond acceptors (Lipinski definition) is 3. The summed E-state index contributed by atoms with van der Waals surface area (Å²) in [6.07, 6.45) is 0. The number of carbonyl (C=O) groups excluding carboxylic acids is 1. The average Bonchev–Trinajstić information content (AvgIpc) is 2.17. The third-order valence-corrected chi connectivity index (χ3v) is 1.85. The minimum absolute atomic E-state index is 0.00884. The Hall–Kier alpha value is -1.58. The number of hydrogen-bond donors (Lipinski definition) is 0. The number of rotatable bonds is 3. The molecule has 0 fully saturated rings. The predicted octanol–water partition coefficient (Wildman–Crippen LogP) is 2.05. The van der Waals surface area contributed by atoms with Crippen LogP contribution in [0.15, 0.2) is 12.1 Å². The van der Waals surface area contributed by atoms with E-state index < -0.39 is 5.82 Å². The van der Waals surface area contributed by atoms with Crippen molar-refractivity contribution in [2.45, 2.75) is 6.92 Å². The largest absolute Gasteiger partial charge is 0.497 e. The van der Waals surface area contributed by atoms with Gasteiger partial charge in [0.15, 0.2) is 17.3 Å². The van der Waals surface area contributed by atoms with Crippen LogP contribution in [0.1, 0.15) is 17.3 Å². The second-order valence-electron chi connectivity index (χ2n) is 2.75. The van der Waals surface area contributed by atoms with Gasteiger partial charge in [-0.15, -0.1) is 0 Å². The minimum atomic E-state index is -0.652. The number of ketones is 1. The van der Waals surface area contributed by atoms with Gasteiger partial charge < -0.3 is 9.47 Å². The molecule has 1 aromatic carbocycles. The van der Waals surface area contributed by atoms with Gasteiger partial charge in [0.05, 0.1) is 19.8 Å². The first-order valence-electron chi connectivity index (χ1n) is 4.02. The van der Waals surface area contributed by atoms with Crippen molar-refractivity contribution >= 4 is 5.78 Å². The molecule has 0 N–H and O–H groups in total. The number of carbonyl (C=O) groups is 1. The van der Waals surface area contributed by atoms with Gasteiger partial charge in [-0.25, -0.2) is 4.39 Å². The second kappa shape index (κ2) is 4.09. The summed E-state index contributed by atoms with van der Waals surface area (Å²) in [4.78, 5) is 11.1. The molecular weight excluding hydrogens is 187 g/mol. The highest BCUT2D eigenvalue weighted by atomic mass is 19.1. The normalized spacial score (nSPS) is 9.71. The highest BCUT2D eigenvalue weighted by Gasteiger charge is 2.14. The van der Waals surface area contributed by atoms with Gasteiger partial charge in [-0.05, 0) is 13.0 Å². The standard InChI is InChI=1S/C10H11FO3/c1-6(12)8-4-7(13-2)5-9(14-3)10(8)11/h4-5H,1-3H3. The highest BCUT2D eigenvalue weighted by molar-refractivity contribution is 5.95. The lowest BCUT2D eigenvalue weighted by atomic mass is 10.1. The SMILES string of the molecule is COc1cc(OC)c(F)c(C(C)=O)c1. The van der Waals surface area contributed by atoms with Crippen LogP contribution in [0, 0.1) is 5.82 Å². The molecule has 0 bridgehead atoms. The molecule has 0 saturated heterocycles. The molecule has 1 rings (SSSR count). The van der Waals surface area contributed by atoms with Crippen LogP contribution in [0.3, 0.4) is 0 Å². The molecular formula is C10H11FO3. The van der Waals surface area contributed by atoms with E-state index in [1.54, 1.807) is 0 Å². The maximum absolute atomic E-state index is 13.4. The first-order chi connectivity index (χ1) is 6.60. The van der Waals surface area contributed by atoms with E-state index in [2.05, 4.69) is 0 Å². The molecule has 0 aliphatic carbocycles. The van der Waals surface area contributed by atoms with Gasteiger partial charge in [0.1, 0.15) is 5.75 Å². The number of Topliss-reactive ketones (excluding diaryl/α,β-unsaturated/α-hetero) is 1. The zero-order valence-electron chi connectivity index (χ0n) is 8.26. The minimum Gasteiger partial charge on any atom is -0.497 e. The fourth-order valence-electron chi connectivity index (χ4n) is 1.10. The van der Waals surface area contributed by atoms with E-state index in [4.69, 9.17) is 9.47 Å². The fraction of sp³-hybridized carbons (Fsp3) is 0.300. The van der Waals surface area contributed by atoms with Crippen LogP contribution >= 0.6 is 0 Å². The summed E-state index contributed by atoms with van der Waals surface area (Å²) in [6.45, 7) is 1.29. The molecule has 0 aromatic heterocycles. The molecule has 0 heterocycles. The first-order valence-corrected chi connectivity index (χ1v) is 4.02. The number of benzene rings is 1. The van der Waals surface area contributed by atoms with E-state index >= 15 is 0 Å². The quantitative estimate of drug-likeness (QED) is 0.697. The molecule has 0 unspecified atom stereocenters. The molecule has 0 atom stereocenters. The molecule has 0 amide bonds. The van der Waals surface area contributed by atoms with Crippen molar-refractivity contribution in [2.75, 3.05) is 14.2 Å². The zero-order chi connectivity index (χ0) is 10.7. The fourth-order valence-corrected chi connectivity index (χ4v) is 1.10. The Morgan fingerprint density at radius 2 is 1.93 bits per heavy atom. The lowest BCUT2D eigenvalue weighted by molar-refractivity contribution is 0.101. The van der Waals surface area contributed by atoms with Crippen molar-refractivity contribution in [3.8, 4) is 11.5 Å². The average molecular weight is 198 g/mol. The second-order valence-corrected chi connectivity index (χ2v) is 2.75. The Morgan fingerprint density at radius 1 is 1.29 bits per heavy atom. The molecule has 0 saturated carbocycles. The summed E-state index contributed by atoms with van der Waals surface area (Å²) in [5.41, 5.74) is -0.0267. The van der Waals surface area contributed by atoms with Crippen LogP contribution in [-0.4, -0.2) is 20.0 Å². The Morgan fingerprint density at radius 3 is 2.36 bits per heavy atom. The summed E-state index contributed by atoms with van der Waals surface area (Å²) in [5.74, 6) is -0.608. The molecule has 0 radical (unpaired) electrons. The predicted molar refractivity (Wildman–Crippen MR) is 49.5 cm³/mol. The number of methoxy groups -OCH3 is 2. The first kappa shape index (κ1) is 10.5. The lowest BCUT2D eigenvalue weighted by Crippen LogP contribution is -2.01. The summed E-state index contributed by atoms with van der Waals surface area (Å²) >= 11 is 0. The van der Waals surface area contributed by atoms with Crippen molar-refractivity contribution in [2.24, 2.45) is 0 Å². The lowest BCUT2D eigenvalue weighted by Gasteiger charge is -2.08. The van der Waals surface area contributed by atoms with Crippen LogP contribution in [-0.2, 0) is 0 Å². The summed E-state index contributed by atoms with van der Waals surface area (Å²) in [5, 5.41) is 0. The van der Waals surface area contributed by atoms with Gasteiger partial charge in [-0.3, -0.25) is 4.79 Å². The van der Waals surface area contributed by atoms with Crippen molar-refractivity contribution in [3.63, 3.8) is 0 Å². The van der Waals surface area contributed by atoms with Crippen LogP contribution < -0.4 is 9.47 Å². The van der Waals surface area contributed by atoms with Crippen molar-refractivity contribution in [1.82, 2.24) is 0 Å². The third-order valence-electron chi connectivity index (χ3n) is 1.85. The topological polar surface area (TPSA) is 35.5 Å². The molecule has 0 spiro atoms. The van der Waals surface area contributed by atoms with Crippen molar-refractivity contribution < 1.29 is 18.7 Å². The van der Waals surface area contributed by atoms with E-state index in [9.17, 15) is 9.18 Å². The van der Waals surface area contributed by atoms with Gasteiger partial charge in [0, 0.05) is 6.07 Å². The molecule has 0 aliphatic heterocycles. The van der Waals surface area contributed by atoms with Gasteiger partial charge in [-0.1, -0.05) is 0 Å². The Balaban J connectivity index is 3.34. The Bertz CT molecular complexity index is 361. The smallest absolute Gasteiger partial charge is 0.176 e. The number of halogens is 1. The van der Waals surface area contributed by atoms with Gasteiger partial charge in [0.25, 0.3) is 0 Å². The molecule has 4 heteroatoms.